The molecule has 9 heteroatoms. The van der Waals surface area contributed by atoms with Gasteiger partial charge in [-0.15, -0.1) is 0 Å². The summed E-state index contributed by atoms with van der Waals surface area (Å²) in [7, 11) is -4.34. The number of hydrogen-bond acceptors (Lipinski definition) is 3. The Bertz CT molecular complexity index is 976. The van der Waals surface area contributed by atoms with Gasteiger partial charge in [0, 0.05) is 12.6 Å². The highest BCUT2D eigenvalue weighted by Gasteiger charge is 2.32. The third kappa shape index (κ3) is 2.95. The molecule has 0 spiro atoms. The molecule has 0 saturated heterocycles. The second-order valence-electron chi connectivity index (χ2n) is 5.52. The number of halogens is 3. The van der Waals surface area contributed by atoms with Crippen molar-refractivity contribution < 1.29 is 31.5 Å². The standard InChI is InChI=1S/C16H12F3NO4S/c17-10-6-9-2-1-5-20(15(9)14(19)7-10)25(23,24)11-3-4-13(18)12(8-11)16(21)22/h3-4,6-8H,1-2,5H2,(H,21,22). The lowest BCUT2D eigenvalue weighted by molar-refractivity contribution is 0.0691. The first kappa shape index (κ1) is 17.3. The fourth-order valence-corrected chi connectivity index (χ4v) is 4.39. The van der Waals surface area contributed by atoms with Gasteiger partial charge < -0.3 is 5.11 Å². The third-order valence-electron chi connectivity index (χ3n) is 3.92. The Balaban J connectivity index is 2.15. The van der Waals surface area contributed by atoms with Gasteiger partial charge in [0.15, 0.2) is 5.82 Å². The molecule has 0 saturated carbocycles. The lowest BCUT2D eigenvalue weighted by Crippen LogP contribution is -2.36. The van der Waals surface area contributed by atoms with Gasteiger partial charge in [0.05, 0.1) is 16.1 Å². The van der Waals surface area contributed by atoms with Crippen LogP contribution in [0, 0.1) is 17.5 Å². The average molecular weight is 371 g/mol. The number of anilines is 1. The second kappa shape index (κ2) is 6.07. The number of fused-ring (bicyclic) bond motifs is 1. The highest BCUT2D eigenvalue weighted by atomic mass is 32.2. The monoisotopic (exact) mass is 371 g/mol. The quantitative estimate of drug-likeness (QED) is 0.900. The van der Waals surface area contributed by atoms with Gasteiger partial charge in [-0.25, -0.2) is 26.4 Å². The Morgan fingerprint density at radius 1 is 1.08 bits per heavy atom. The molecule has 0 radical (unpaired) electrons. The SMILES string of the molecule is O=C(O)c1cc(S(=O)(=O)N2CCCc3cc(F)cc(F)c32)ccc1F. The van der Waals surface area contributed by atoms with Crippen LogP contribution in [0.4, 0.5) is 18.9 Å². The van der Waals surface area contributed by atoms with Gasteiger partial charge >= 0.3 is 5.97 Å². The molecule has 1 aliphatic heterocycles. The van der Waals surface area contributed by atoms with E-state index in [1.54, 1.807) is 0 Å². The van der Waals surface area contributed by atoms with Gasteiger partial charge in [-0.1, -0.05) is 0 Å². The minimum Gasteiger partial charge on any atom is -0.478 e. The Morgan fingerprint density at radius 2 is 1.80 bits per heavy atom. The summed E-state index contributed by atoms with van der Waals surface area (Å²) < 4.78 is 67.5. The van der Waals surface area contributed by atoms with E-state index in [0.29, 0.717) is 25.0 Å². The van der Waals surface area contributed by atoms with Crippen LogP contribution in [0.1, 0.15) is 22.3 Å². The first-order chi connectivity index (χ1) is 11.7. The number of carboxylic acids is 1. The Kier molecular flexibility index (Phi) is 4.19. The van der Waals surface area contributed by atoms with Crippen LogP contribution in [-0.4, -0.2) is 26.0 Å². The van der Waals surface area contributed by atoms with Crippen LogP contribution in [0.5, 0.6) is 0 Å². The molecule has 0 bridgehead atoms. The number of carbonyl (C=O) groups is 1. The normalized spacial score (nSPS) is 14.3. The summed E-state index contributed by atoms with van der Waals surface area (Å²) in [5.41, 5.74) is -0.875. The zero-order chi connectivity index (χ0) is 18.4. The van der Waals surface area contributed by atoms with Crippen molar-refractivity contribution in [3.8, 4) is 0 Å². The van der Waals surface area contributed by atoms with Crippen molar-refractivity contribution in [1.82, 2.24) is 0 Å². The van der Waals surface area contributed by atoms with Gasteiger partial charge in [-0.2, -0.15) is 0 Å². The summed E-state index contributed by atoms with van der Waals surface area (Å²) in [5.74, 6) is -4.55. The fraction of sp³-hybridized carbons (Fsp3) is 0.188. The Morgan fingerprint density at radius 3 is 2.48 bits per heavy atom. The summed E-state index contributed by atoms with van der Waals surface area (Å²) in [6.45, 7) is -0.0579. The number of carboxylic acid groups (broad SMARTS) is 1. The summed E-state index contributed by atoms with van der Waals surface area (Å²) in [5, 5.41) is 8.95. The van der Waals surface area contributed by atoms with Gasteiger partial charge in [0.2, 0.25) is 0 Å². The molecule has 0 amide bonds. The lowest BCUT2D eigenvalue weighted by atomic mass is 10.0. The number of aryl methyl sites for hydroxylation is 1. The van der Waals surface area contributed by atoms with Crippen LogP contribution in [0.15, 0.2) is 35.2 Å². The van der Waals surface area contributed by atoms with E-state index in [0.717, 1.165) is 22.5 Å². The highest BCUT2D eigenvalue weighted by molar-refractivity contribution is 7.92. The first-order valence-corrected chi connectivity index (χ1v) is 8.69. The van der Waals surface area contributed by atoms with Crippen LogP contribution >= 0.6 is 0 Å². The van der Waals surface area contributed by atoms with E-state index in [1.807, 2.05) is 0 Å². The first-order valence-electron chi connectivity index (χ1n) is 7.25. The highest BCUT2D eigenvalue weighted by Crippen LogP contribution is 2.35. The number of nitrogens with zero attached hydrogens (tertiary/aromatic N) is 1. The third-order valence-corrected chi connectivity index (χ3v) is 5.72. The minimum atomic E-state index is -4.34. The fourth-order valence-electron chi connectivity index (χ4n) is 2.81. The van der Waals surface area contributed by atoms with Gasteiger partial charge in [0.25, 0.3) is 10.0 Å². The molecular formula is C16H12F3NO4S. The van der Waals surface area contributed by atoms with Crippen molar-refractivity contribution in [1.29, 1.82) is 0 Å². The molecular weight excluding hydrogens is 359 g/mol. The second-order valence-corrected chi connectivity index (χ2v) is 7.39. The smallest absolute Gasteiger partial charge is 0.338 e. The maximum absolute atomic E-state index is 14.2. The molecule has 1 N–H and O–H groups in total. The molecule has 0 fully saturated rings. The zero-order valence-corrected chi connectivity index (χ0v) is 13.5. The van der Waals surface area contributed by atoms with Crippen LogP contribution in [-0.2, 0) is 16.4 Å². The number of sulfonamides is 1. The predicted molar refractivity (Wildman–Crippen MR) is 82.6 cm³/mol. The average Bonchev–Trinajstić information content (AvgIpc) is 2.53. The maximum atomic E-state index is 14.2. The lowest BCUT2D eigenvalue weighted by Gasteiger charge is -2.30. The van der Waals surface area contributed by atoms with Crippen molar-refractivity contribution in [2.24, 2.45) is 0 Å². The number of aromatic carboxylic acids is 1. The van der Waals surface area contributed by atoms with E-state index in [4.69, 9.17) is 5.11 Å². The Hall–Kier alpha value is -2.55. The van der Waals surface area contributed by atoms with E-state index in [2.05, 4.69) is 0 Å². The van der Waals surface area contributed by atoms with Crippen molar-refractivity contribution in [3.63, 3.8) is 0 Å². The van der Waals surface area contributed by atoms with Gasteiger partial charge in [-0.05, 0) is 42.7 Å². The van der Waals surface area contributed by atoms with Crippen molar-refractivity contribution in [3.05, 3.63) is 58.9 Å². The molecule has 0 unspecified atom stereocenters. The molecule has 132 valence electrons. The number of hydrogen-bond donors (Lipinski definition) is 1. The summed E-state index contributed by atoms with van der Waals surface area (Å²) in [6, 6.07) is 3.96. The van der Waals surface area contributed by atoms with Crippen LogP contribution in [0.2, 0.25) is 0 Å². The molecule has 5 nitrogen and oxygen atoms in total. The largest absolute Gasteiger partial charge is 0.478 e. The topological polar surface area (TPSA) is 74.7 Å². The van der Waals surface area contributed by atoms with Crippen LogP contribution in [0.25, 0.3) is 0 Å². The molecule has 0 aliphatic carbocycles. The van der Waals surface area contributed by atoms with Crippen molar-refractivity contribution in [2.75, 3.05) is 10.8 Å². The number of rotatable bonds is 3. The van der Waals surface area contributed by atoms with E-state index < -0.39 is 43.9 Å². The molecule has 1 aliphatic rings. The number of benzene rings is 2. The van der Waals surface area contributed by atoms with E-state index in [-0.39, 0.29) is 17.8 Å². The maximum Gasteiger partial charge on any atom is 0.338 e. The van der Waals surface area contributed by atoms with Gasteiger partial charge in [-0.3, -0.25) is 4.31 Å². The van der Waals surface area contributed by atoms with Crippen molar-refractivity contribution >= 4 is 21.7 Å². The zero-order valence-electron chi connectivity index (χ0n) is 12.7. The summed E-state index contributed by atoms with van der Waals surface area (Å²) in [6.07, 6.45) is 0.641. The molecule has 25 heavy (non-hydrogen) atoms. The van der Waals surface area contributed by atoms with E-state index >= 15 is 0 Å². The minimum absolute atomic E-state index is 0.0579. The molecule has 0 aromatic heterocycles. The van der Waals surface area contributed by atoms with Crippen molar-refractivity contribution in [2.45, 2.75) is 17.7 Å². The Labute approximate surface area is 141 Å². The molecule has 2 aromatic rings. The summed E-state index contributed by atoms with van der Waals surface area (Å²) in [4.78, 5) is 10.5. The van der Waals surface area contributed by atoms with Crippen LogP contribution in [0.3, 0.4) is 0 Å². The molecule has 0 atom stereocenters. The van der Waals surface area contributed by atoms with E-state index in [1.165, 1.54) is 0 Å². The molecule has 2 aromatic carbocycles. The molecule has 1 heterocycles. The van der Waals surface area contributed by atoms with Crippen LogP contribution < -0.4 is 4.31 Å². The predicted octanol–water partition coefficient (Wildman–Crippen LogP) is 2.94. The summed E-state index contributed by atoms with van der Waals surface area (Å²) >= 11 is 0. The molecule has 3 rings (SSSR count). The van der Waals surface area contributed by atoms with Gasteiger partial charge in [0.1, 0.15) is 11.6 Å². The van der Waals surface area contributed by atoms with E-state index in [9.17, 15) is 26.4 Å².